The van der Waals surface area contributed by atoms with E-state index in [-0.39, 0.29) is 12.5 Å². The van der Waals surface area contributed by atoms with Gasteiger partial charge in [0.1, 0.15) is 5.75 Å². The Labute approximate surface area is 131 Å². The summed E-state index contributed by atoms with van der Waals surface area (Å²) < 4.78 is 6.02. The molecule has 0 fully saturated rings. The molecule has 0 aliphatic carbocycles. The molecule has 2 rings (SSSR count). The van der Waals surface area contributed by atoms with Crippen LogP contribution in [0.15, 0.2) is 28.9 Å². The highest BCUT2D eigenvalue weighted by Gasteiger charge is 2.20. The highest BCUT2D eigenvalue weighted by molar-refractivity contribution is 9.10. The molecule has 1 heterocycles. The van der Waals surface area contributed by atoms with E-state index >= 15 is 0 Å². The standard InChI is InChI=1S/C15H17BrN2O3/c1-15(2,8-19)18-14(20)10-4-9-5-11(21-3)6-12(16)13(9)17-7-10/h4-7,19H,8H2,1-3H3,(H,18,20). The topological polar surface area (TPSA) is 71.5 Å². The van der Waals surface area contributed by atoms with Gasteiger partial charge in [-0.05, 0) is 48.0 Å². The minimum atomic E-state index is -0.680. The van der Waals surface area contributed by atoms with Gasteiger partial charge in [0.25, 0.3) is 5.91 Å². The van der Waals surface area contributed by atoms with Crippen LogP contribution < -0.4 is 10.1 Å². The number of nitrogens with zero attached hydrogens (tertiary/aromatic N) is 1. The quantitative estimate of drug-likeness (QED) is 0.886. The molecule has 2 aromatic rings. The fourth-order valence-electron chi connectivity index (χ4n) is 1.84. The molecule has 2 N–H and O–H groups in total. The predicted molar refractivity (Wildman–Crippen MR) is 84.6 cm³/mol. The van der Waals surface area contributed by atoms with E-state index in [1.54, 1.807) is 27.0 Å². The van der Waals surface area contributed by atoms with Crippen LogP contribution in [-0.4, -0.2) is 35.3 Å². The lowest BCUT2D eigenvalue weighted by molar-refractivity contribution is 0.0869. The van der Waals surface area contributed by atoms with Gasteiger partial charge in [-0.25, -0.2) is 0 Å². The lowest BCUT2D eigenvalue weighted by atomic mass is 10.1. The van der Waals surface area contributed by atoms with Gasteiger partial charge in [0.2, 0.25) is 0 Å². The Morgan fingerprint density at radius 3 is 2.76 bits per heavy atom. The van der Waals surface area contributed by atoms with Gasteiger partial charge < -0.3 is 15.2 Å². The van der Waals surface area contributed by atoms with Crippen LogP contribution in [0.5, 0.6) is 5.75 Å². The molecule has 0 saturated carbocycles. The number of halogens is 1. The molecule has 0 bridgehead atoms. The maximum absolute atomic E-state index is 12.2. The largest absolute Gasteiger partial charge is 0.497 e. The Bertz CT molecular complexity index is 686. The zero-order valence-corrected chi connectivity index (χ0v) is 13.7. The van der Waals surface area contributed by atoms with Crippen LogP contribution in [0.25, 0.3) is 10.9 Å². The smallest absolute Gasteiger partial charge is 0.253 e. The van der Waals surface area contributed by atoms with E-state index in [1.807, 2.05) is 12.1 Å². The number of hydrogen-bond donors (Lipinski definition) is 2. The van der Waals surface area contributed by atoms with Gasteiger partial charge in [0.15, 0.2) is 0 Å². The van der Waals surface area contributed by atoms with Crippen molar-refractivity contribution in [3.05, 3.63) is 34.4 Å². The zero-order chi connectivity index (χ0) is 15.6. The SMILES string of the molecule is COc1cc(Br)c2ncc(C(=O)NC(C)(C)CO)cc2c1. The molecular formula is C15H17BrN2O3. The Balaban J connectivity index is 2.40. The molecule has 1 amide bonds. The lowest BCUT2D eigenvalue weighted by Gasteiger charge is -2.23. The van der Waals surface area contributed by atoms with Gasteiger partial charge in [-0.1, -0.05) is 0 Å². The molecule has 0 aliphatic heterocycles. The van der Waals surface area contributed by atoms with Crippen LogP contribution in [0.2, 0.25) is 0 Å². The van der Waals surface area contributed by atoms with Crippen LogP contribution in [0.4, 0.5) is 0 Å². The number of hydrogen-bond acceptors (Lipinski definition) is 4. The van der Waals surface area contributed by atoms with E-state index in [9.17, 15) is 9.90 Å². The highest BCUT2D eigenvalue weighted by Crippen LogP contribution is 2.28. The van der Waals surface area contributed by atoms with Gasteiger partial charge in [-0.15, -0.1) is 0 Å². The fourth-order valence-corrected chi connectivity index (χ4v) is 2.40. The minimum Gasteiger partial charge on any atom is -0.497 e. The van der Waals surface area contributed by atoms with E-state index in [4.69, 9.17) is 4.74 Å². The van der Waals surface area contributed by atoms with Crippen molar-refractivity contribution >= 4 is 32.7 Å². The van der Waals surface area contributed by atoms with Crippen LogP contribution in [0.3, 0.4) is 0 Å². The van der Waals surface area contributed by atoms with Crippen molar-refractivity contribution in [2.24, 2.45) is 0 Å². The zero-order valence-electron chi connectivity index (χ0n) is 12.1. The average Bonchev–Trinajstić information content (AvgIpc) is 2.46. The first-order chi connectivity index (χ1) is 9.86. The fraction of sp³-hybridized carbons (Fsp3) is 0.333. The summed E-state index contributed by atoms with van der Waals surface area (Å²) in [5.41, 5.74) is 0.513. The predicted octanol–water partition coefficient (Wildman–Crippen LogP) is 2.51. The van der Waals surface area contributed by atoms with Gasteiger partial charge in [-0.3, -0.25) is 9.78 Å². The molecule has 0 spiro atoms. The first-order valence-corrected chi connectivity index (χ1v) is 7.22. The second-order valence-electron chi connectivity index (χ2n) is 5.40. The molecule has 0 radical (unpaired) electrons. The lowest BCUT2D eigenvalue weighted by Crippen LogP contribution is -2.46. The minimum absolute atomic E-state index is 0.140. The summed E-state index contributed by atoms with van der Waals surface area (Å²) in [6.45, 7) is 3.36. The van der Waals surface area contributed by atoms with E-state index in [0.29, 0.717) is 11.3 Å². The third kappa shape index (κ3) is 3.51. The number of rotatable bonds is 4. The number of aromatic nitrogens is 1. The van der Waals surface area contributed by atoms with E-state index < -0.39 is 5.54 Å². The summed E-state index contributed by atoms with van der Waals surface area (Å²) in [5.74, 6) is 0.409. The molecule has 0 atom stereocenters. The summed E-state index contributed by atoms with van der Waals surface area (Å²) in [6, 6.07) is 5.39. The van der Waals surface area contributed by atoms with Crippen molar-refractivity contribution in [1.82, 2.24) is 10.3 Å². The molecule has 1 aromatic heterocycles. The molecule has 5 nitrogen and oxygen atoms in total. The second-order valence-corrected chi connectivity index (χ2v) is 6.26. The molecule has 1 aromatic carbocycles. The van der Waals surface area contributed by atoms with Crippen LogP contribution in [0.1, 0.15) is 24.2 Å². The van der Waals surface area contributed by atoms with Crippen molar-refractivity contribution in [2.45, 2.75) is 19.4 Å². The number of carbonyl (C=O) groups is 1. The normalized spacial score (nSPS) is 11.5. The van der Waals surface area contributed by atoms with Gasteiger partial charge in [-0.2, -0.15) is 0 Å². The Morgan fingerprint density at radius 1 is 1.43 bits per heavy atom. The number of ether oxygens (including phenoxy) is 1. The number of nitrogens with one attached hydrogen (secondary N) is 1. The number of amides is 1. The van der Waals surface area contributed by atoms with Gasteiger partial charge in [0.05, 0.1) is 30.3 Å². The number of fused-ring (bicyclic) bond motifs is 1. The number of carbonyl (C=O) groups excluding carboxylic acids is 1. The van der Waals surface area contributed by atoms with Crippen molar-refractivity contribution in [2.75, 3.05) is 13.7 Å². The van der Waals surface area contributed by atoms with Crippen molar-refractivity contribution < 1.29 is 14.6 Å². The number of aliphatic hydroxyl groups is 1. The van der Waals surface area contributed by atoms with Crippen LogP contribution >= 0.6 is 15.9 Å². The molecule has 6 heteroatoms. The van der Waals surface area contributed by atoms with Crippen molar-refractivity contribution in [3.63, 3.8) is 0 Å². The first-order valence-electron chi connectivity index (χ1n) is 6.43. The van der Waals surface area contributed by atoms with Crippen molar-refractivity contribution in [3.8, 4) is 5.75 Å². The average molecular weight is 353 g/mol. The molecule has 112 valence electrons. The van der Waals surface area contributed by atoms with Crippen molar-refractivity contribution in [1.29, 1.82) is 0 Å². The number of methoxy groups -OCH3 is 1. The maximum Gasteiger partial charge on any atom is 0.253 e. The van der Waals surface area contributed by atoms with E-state index in [2.05, 4.69) is 26.2 Å². The summed E-state index contributed by atoms with van der Waals surface area (Å²) in [6.07, 6.45) is 1.52. The summed E-state index contributed by atoms with van der Waals surface area (Å²) in [4.78, 5) is 16.5. The molecule has 0 aliphatic rings. The van der Waals surface area contributed by atoms with Crippen LogP contribution in [-0.2, 0) is 0 Å². The molecule has 0 saturated heterocycles. The Hall–Kier alpha value is -1.66. The molecular weight excluding hydrogens is 336 g/mol. The summed E-state index contributed by atoms with van der Waals surface area (Å²) in [5, 5.41) is 12.8. The van der Waals surface area contributed by atoms with E-state index in [1.165, 1.54) is 6.20 Å². The van der Waals surface area contributed by atoms with Gasteiger partial charge >= 0.3 is 0 Å². The third-order valence-corrected chi connectivity index (χ3v) is 3.66. The Morgan fingerprint density at radius 2 is 2.14 bits per heavy atom. The van der Waals surface area contributed by atoms with E-state index in [0.717, 1.165) is 15.4 Å². The number of benzene rings is 1. The number of aliphatic hydroxyl groups excluding tert-OH is 1. The number of pyridine rings is 1. The second kappa shape index (κ2) is 5.99. The van der Waals surface area contributed by atoms with Crippen LogP contribution in [0, 0.1) is 0 Å². The third-order valence-electron chi connectivity index (χ3n) is 3.06. The Kier molecular flexibility index (Phi) is 4.49. The summed E-state index contributed by atoms with van der Waals surface area (Å²) >= 11 is 3.43. The van der Waals surface area contributed by atoms with Gasteiger partial charge in [0, 0.05) is 16.1 Å². The summed E-state index contributed by atoms with van der Waals surface area (Å²) in [7, 11) is 1.58. The highest BCUT2D eigenvalue weighted by atomic mass is 79.9. The molecule has 0 unspecified atom stereocenters. The monoisotopic (exact) mass is 352 g/mol. The first kappa shape index (κ1) is 15.7. The molecule has 21 heavy (non-hydrogen) atoms. The maximum atomic E-state index is 12.2.